The van der Waals surface area contributed by atoms with E-state index < -0.39 is 37.7 Å². The molecule has 2 aromatic rings. The molecule has 0 saturated carbocycles. The third-order valence-corrected chi connectivity index (χ3v) is 6.89. The van der Waals surface area contributed by atoms with E-state index in [0.29, 0.717) is 0 Å². The molecular formula is C18H20ClFN2O5S2. The van der Waals surface area contributed by atoms with Gasteiger partial charge in [-0.15, -0.1) is 0 Å². The second-order valence-electron chi connectivity index (χ2n) is 6.63. The Morgan fingerprint density at radius 2 is 1.69 bits per heavy atom. The second-order valence-corrected chi connectivity index (χ2v) is 10.9. The van der Waals surface area contributed by atoms with Crippen LogP contribution in [0.15, 0.2) is 41.3 Å². The average Bonchev–Trinajstić information content (AvgIpc) is 2.60. The Morgan fingerprint density at radius 3 is 2.21 bits per heavy atom. The molecule has 29 heavy (non-hydrogen) atoms. The molecule has 1 atom stereocenters. The standard InChI is InChI=1S/C18H20ClFN2O5S2/c1-11(18(23)21-28(4,24)25)12-5-7-14(17(20)9-12)15-10-13(6-8-16(15)19)29(26,27)22(2)3/h5-11H,1-4H3,(H,21,23). The van der Waals surface area contributed by atoms with Crippen molar-refractivity contribution in [2.75, 3.05) is 20.4 Å². The van der Waals surface area contributed by atoms with Crippen LogP contribution in [0, 0.1) is 5.82 Å². The molecule has 0 bridgehead atoms. The zero-order valence-corrected chi connectivity index (χ0v) is 18.5. The minimum atomic E-state index is -3.74. The van der Waals surface area contributed by atoms with Crippen molar-refractivity contribution in [1.29, 1.82) is 0 Å². The minimum Gasteiger partial charge on any atom is -0.273 e. The lowest BCUT2D eigenvalue weighted by Crippen LogP contribution is -2.32. The number of benzene rings is 2. The monoisotopic (exact) mass is 462 g/mol. The maximum Gasteiger partial charge on any atom is 0.242 e. The predicted octanol–water partition coefficient (Wildman–Crippen LogP) is 2.58. The van der Waals surface area contributed by atoms with Gasteiger partial charge in [0, 0.05) is 30.2 Å². The third kappa shape index (κ3) is 5.33. The van der Waals surface area contributed by atoms with Crippen LogP contribution in [0.2, 0.25) is 5.02 Å². The molecule has 11 heteroatoms. The highest BCUT2D eigenvalue weighted by molar-refractivity contribution is 7.89. The Hall–Kier alpha value is -2.01. The Kier molecular flexibility index (Phi) is 6.73. The summed E-state index contributed by atoms with van der Waals surface area (Å²) in [5, 5.41) is 0.150. The maximum atomic E-state index is 14.8. The first-order chi connectivity index (χ1) is 13.2. The van der Waals surface area contributed by atoms with E-state index in [1.165, 1.54) is 51.4 Å². The lowest BCUT2D eigenvalue weighted by Gasteiger charge is -2.15. The van der Waals surface area contributed by atoms with Crippen LogP contribution in [-0.2, 0) is 24.8 Å². The van der Waals surface area contributed by atoms with Crippen molar-refractivity contribution in [3.8, 4) is 11.1 Å². The fourth-order valence-corrected chi connectivity index (χ4v) is 4.21. The normalized spacial score (nSPS) is 13.3. The topological polar surface area (TPSA) is 101 Å². The molecule has 1 amide bonds. The number of hydrogen-bond donors (Lipinski definition) is 1. The van der Waals surface area contributed by atoms with Crippen LogP contribution < -0.4 is 4.72 Å². The van der Waals surface area contributed by atoms with E-state index in [0.717, 1.165) is 16.6 Å². The van der Waals surface area contributed by atoms with Crippen LogP contribution in [0.25, 0.3) is 11.1 Å². The number of carbonyl (C=O) groups excluding carboxylic acids is 1. The fraction of sp³-hybridized carbons (Fsp3) is 0.278. The van der Waals surface area contributed by atoms with Gasteiger partial charge in [-0.05, 0) is 36.8 Å². The van der Waals surface area contributed by atoms with E-state index in [9.17, 15) is 26.0 Å². The van der Waals surface area contributed by atoms with Gasteiger partial charge in [0.1, 0.15) is 5.82 Å². The van der Waals surface area contributed by atoms with Crippen LogP contribution in [0.4, 0.5) is 4.39 Å². The summed E-state index contributed by atoms with van der Waals surface area (Å²) in [5.41, 5.74) is 0.470. The van der Waals surface area contributed by atoms with Gasteiger partial charge in [0.25, 0.3) is 0 Å². The number of hydrogen-bond acceptors (Lipinski definition) is 5. The first-order valence-corrected chi connectivity index (χ1v) is 12.0. The van der Waals surface area contributed by atoms with Crippen LogP contribution in [-0.4, -0.2) is 47.4 Å². The molecule has 0 radical (unpaired) electrons. The number of nitrogens with one attached hydrogen (secondary N) is 1. The molecule has 0 aliphatic carbocycles. The lowest BCUT2D eigenvalue weighted by molar-refractivity contribution is -0.120. The highest BCUT2D eigenvalue weighted by Crippen LogP contribution is 2.34. The van der Waals surface area contributed by atoms with E-state index in [4.69, 9.17) is 11.6 Å². The van der Waals surface area contributed by atoms with Crippen molar-refractivity contribution in [2.45, 2.75) is 17.7 Å². The summed E-state index contributed by atoms with van der Waals surface area (Å²) in [5.74, 6) is -2.45. The highest BCUT2D eigenvalue weighted by atomic mass is 35.5. The van der Waals surface area contributed by atoms with Crippen LogP contribution in [0.5, 0.6) is 0 Å². The van der Waals surface area contributed by atoms with Crippen LogP contribution in [0.1, 0.15) is 18.4 Å². The molecule has 158 valence electrons. The number of halogens is 2. The summed E-state index contributed by atoms with van der Waals surface area (Å²) in [7, 11) is -4.73. The number of rotatable bonds is 6. The van der Waals surface area contributed by atoms with E-state index in [1.54, 1.807) is 0 Å². The Balaban J connectivity index is 2.47. The zero-order valence-electron chi connectivity index (χ0n) is 16.1. The maximum absolute atomic E-state index is 14.8. The second kappa shape index (κ2) is 8.39. The van der Waals surface area contributed by atoms with Gasteiger partial charge in [0.2, 0.25) is 26.0 Å². The summed E-state index contributed by atoms with van der Waals surface area (Å²) in [4.78, 5) is 11.9. The van der Waals surface area contributed by atoms with Gasteiger partial charge in [0.15, 0.2) is 0 Å². The largest absolute Gasteiger partial charge is 0.273 e. The Labute approximate surface area is 174 Å². The lowest BCUT2D eigenvalue weighted by atomic mass is 9.96. The molecule has 7 nitrogen and oxygen atoms in total. The predicted molar refractivity (Wildman–Crippen MR) is 109 cm³/mol. The molecule has 0 fully saturated rings. The van der Waals surface area contributed by atoms with Crippen molar-refractivity contribution in [2.24, 2.45) is 0 Å². The van der Waals surface area contributed by atoms with Gasteiger partial charge in [-0.3, -0.25) is 9.52 Å². The van der Waals surface area contributed by atoms with Crippen LogP contribution >= 0.6 is 11.6 Å². The molecule has 0 aliphatic heterocycles. The van der Waals surface area contributed by atoms with Crippen molar-refractivity contribution in [1.82, 2.24) is 9.03 Å². The molecular weight excluding hydrogens is 443 g/mol. The molecule has 0 aliphatic rings. The zero-order chi connectivity index (χ0) is 22.1. The highest BCUT2D eigenvalue weighted by Gasteiger charge is 2.22. The van der Waals surface area contributed by atoms with Crippen molar-refractivity contribution in [3.05, 3.63) is 52.8 Å². The SMILES string of the molecule is CC(C(=O)NS(C)(=O)=O)c1ccc(-c2cc(S(=O)(=O)N(C)C)ccc2Cl)c(F)c1. The number of sulfonamides is 2. The molecule has 0 heterocycles. The fourth-order valence-electron chi connectivity index (χ4n) is 2.52. The molecule has 2 rings (SSSR count). The summed E-state index contributed by atoms with van der Waals surface area (Å²) < 4.78 is 64.8. The van der Waals surface area contributed by atoms with Crippen molar-refractivity contribution >= 4 is 37.6 Å². The van der Waals surface area contributed by atoms with Gasteiger partial charge in [-0.2, -0.15) is 0 Å². The van der Waals surface area contributed by atoms with Gasteiger partial charge in [-0.25, -0.2) is 25.5 Å². The molecule has 0 spiro atoms. The number of nitrogens with zero attached hydrogens (tertiary/aromatic N) is 1. The molecule has 0 aromatic heterocycles. The summed E-state index contributed by atoms with van der Waals surface area (Å²) in [6.45, 7) is 1.44. The van der Waals surface area contributed by atoms with E-state index >= 15 is 0 Å². The Morgan fingerprint density at radius 1 is 1.07 bits per heavy atom. The Bertz CT molecular complexity index is 1160. The van der Waals surface area contributed by atoms with Crippen molar-refractivity contribution < 1.29 is 26.0 Å². The molecule has 1 N–H and O–H groups in total. The third-order valence-electron chi connectivity index (χ3n) is 4.18. The summed E-state index contributed by atoms with van der Waals surface area (Å²) in [6, 6.07) is 7.87. The van der Waals surface area contributed by atoms with Gasteiger partial charge in [-0.1, -0.05) is 23.7 Å². The van der Waals surface area contributed by atoms with Crippen LogP contribution in [0.3, 0.4) is 0 Å². The van der Waals surface area contributed by atoms with Gasteiger partial charge in [0.05, 0.1) is 17.1 Å². The molecule has 1 unspecified atom stereocenters. The average molecular weight is 463 g/mol. The van der Waals surface area contributed by atoms with Gasteiger partial charge >= 0.3 is 0 Å². The first kappa shape index (κ1) is 23.3. The smallest absolute Gasteiger partial charge is 0.242 e. The number of amides is 1. The van der Waals surface area contributed by atoms with Gasteiger partial charge < -0.3 is 0 Å². The van der Waals surface area contributed by atoms with E-state index in [-0.39, 0.29) is 26.6 Å². The summed E-state index contributed by atoms with van der Waals surface area (Å²) >= 11 is 6.15. The number of carbonyl (C=O) groups is 1. The van der Waals surface area contributed by atoms with E-state index in [1.807, 2.05) is 4.72 Å². The molecule has 0 saturated heterocycles. The summed E-state index contributed by atoms with van der Waals surface area (Å²) in [6.07, 6.45) is 0.845. The van der Waals surface area contributed by atoms with E-state index in [2.05, 4.69) is 0 Å². The van der Waals surface area contributed by atoms with Crippen molar-refractivity contribution in [3.63, 3.8) is 0 Å². The quantitative estimate of drug-likeness (QED) is 0.711. The first-order valence-electron chi connectivity index (χ1n) is 8.27. The minimum absolute atomic E-state index is 0.0466. The molecule has 2 aromatic carbocycles.